The van der Waals surface area contributed by atoms with Gasteiger partial charge in [0.1, 0.15) is 12.0 Å². The van der Waals surface area contributed by atoms with Gasteiger partial charge in [-0.25, -0.2) is 4.98 Å². The first-order valence-electron chi connectivity index (χ1n) is 6.85. The molecule has 0 bridgehead atoms. The molecule has 4 heterocycles. The van der Waals surface area contributed by atoms with E-state index < -0.39 is 0 Å². The summed E-state index contributed by atoms with van der Waals surface area (Å²) in [6.45, 7) is 2.05. The molecular weight excluding hydrogens is 262 g/mol. The highest BCUT2D eigenvalue weighted by atomic mass is 15.1. The van der Waals surface area contributed by atoms with E-state index in [4.69, 9.17) is 5.73 Å². The lowest BCUT2D eigenvalue weighted by atomic mass is 9.97. The van der Waals surface area contributed by atoms with Crippen LogP contribution in [-0.4, -0.2) is 16.1 Å². The Balaban J connectivity index is 1.90. The molecule has 0 aromatic carbocycles. The summed E-state index contributed by atoms with van der Waals surface area (Å²) >= 11 is 0. The van der Waals surface area contributed by atoms with Crippen LogP contribution < -0.4 is 16.4 Å². The number of rotatable bonds is 1. The Kier molecular flexibility index (Phi) is 2.47. The first-order chi connectivity index (χ1) is 10.2. The number of hydrogen-bond acceptors (Lipinski definition) is 5. The topological polar surface area (TPSA) is 75.9 Å². The van der Waals surface area contributed by atoms with Gasteiger partial charge in [-0.15, -0.1) is 0 Å². The van der Waals surface area contributed by atoms with Crippen molar-refractivity contribution < 1.29 is 0 Å². The Morgan fingerprint density at radius 1 is 1.10 bits per heavy atom. The third-order valence-electron chi connectivity index (χ3n) is 3.88. The number of nitrogens with one attached hydrogen (secondary N) is 2. The van der Waals surface area contributed by atoms with Gasteiger partial charge in [0.2, 0.25) is 0 Å². The molecule has 0 aliphatic carbocycles. The van der Waals surface area contributed by atoms with Gasteiger partial charge >= 0.3 is 0 Å². The van der Waals surface area contributed by atoms with E-state index in [-0.39, 0.29) is 6.17 Å². The highest BCUT2D eigenvalue weighted by Crippen LogP contribution is 2.34. The van der Waals surface area contributed by atoms with Gasteiger partial charge < -0.3 is 16.4 Å². The highest BCUT2D eigenvalue weighted by Gasteiger charge is 2.27. The zero-order chi connectivity index (χ0) is 14.4. The minimum atomic E-state index is 0.112. The lowest BCUT2D eigenvalue weighted by molar-refractivity contribution is 0.608. The summed E-state index contributed by atoms with van der Waals surface area (Å²) in [5.41, 5.74) is 10.3. The summed E-state index contributed by atoms with van der Waals surface area (Å²) in [7, 11) is 0. The molecule has 0 radical (unpaired) electrons. The quantitative estimate of drug-likeness (QED) is 0.742. The van der Waals surface area contributed by atoms with Gasteiger partial charge in [0.05, 0.1) is 5.69 Å². The van der Waals surface area contributed by atoms with E-state index >= 15 is 0 Å². The van der Waals surface area contributed by atoms with Gasteiger partial charge in [-0.1, -0.05) is 6.08 Å². The Bertz CT molecular complexity index is 832. The normalized spacial score (nSPS) is 20.0. The Morgan fingerprint density at radius 3 is 2.81 bits per heavy atom. The van der Waals surface area contributed by atoms with Crippen molar-refractivity contribution in [1.29, 1.82) is 0 Å². The molecule has 1 atom stereocenters. The SMILES string of the molecule is CC1=CC=C2C(c3nccc4c(N)nccc34)=CNC2N1. The van der Waals surface area contributed by atoms with Crippen LogP contribution in [0.5, 0.6) is 0 Å². The van der Waals surface area contributed by atoms with Crippen LogP contribution in [0.2, 0.25) is 0 Å². The van der Waals surface area contributed by atoms with Crippen molar-refractivity contribution in [2.75, 3.05) is 5.73 Å². The first-order valence-corrected chi connectivity index (χ1v) is 6.85. The van der Waals surface area contributed by atoms with E-state index in [1.807, 2.05) is 18.3 Å². The van der Waals surface area contributed by atoms with Crippen molar-refractivity contribution in [3.05, 3.63) is 59.8 Å². The average molecular weight is 277 g/mol. The van der Waals surface area contributed by atoms with E-state index in [1.54, 1.807) is 12.4 Å². The molecular formula is C16H15N5. The molecule has 0 amide bonds. The molecule has 2 aromatic heterocycles. The van der Waals surface area contributed by atoms with E-state index in [9.17, 15) is 0 Å². The minimum absolute atomic E-state index is 0.112. The number of dihydropyridines is 1. The van der Waals surface area contributed by atoms with Crippen LogP contribution in [0.1, 0.15) is 12.6 Å². The molecule has 0 saturated heterocycles. The summed E-state index contributed by atoms with van der Waals surface area (Å²) in [6.07, 6.45) is 9.83. The van der Waals surface area contributed by atoms with Gasteiger partial charge in [-0.3, -0.25) is 4.98 Å². The molecule has 0 spiro atoms. The lowest BCUT2D eigenvalue weighted by Gasteiger charge is -2.22. The van der Waals surface area contributed by atoms with Crippen LogP contribution in [0, 0.1) is 0 Å². The molecule has 2 aromatic rings. The third kappa shape index (κ3) is 1.78. The van der Waals surface area contributed by atoms with Gasteiger partial charge in [0.25, 0.3) is 0 Å². The molecule has 5 heteroatoms. The lowest BCUT2D eigenvalue weighted by Crippen LogP contribution is -2.38. The van der Waals surface area contributed by atoms with Gasteiger partial charge in [-0.05, 0) is 25.1 Å². The number of pyridine rings is 2. The van der Waals surface area contributed by atoms with Crippen LogP contribution in [0.25, 0.3) is 16.3 Å². The first kappa shape index (κ1) is 12.0. The molecule has 4 N–H and O–H groups in total. The Morgan fingerprint density at radius 2 is 1.90 bits per heavy atom. The number of nitrogen functional groups attached to an aromatic ring is 1. The van der Waals surface area contributed by atoms with Gasteiger partial charge in [0, 0.05) is 46.2 Å². The molecule has 2 aliphatic heterocycles. The van der Waals surface area contributed by atoms with Gasteiger partial charge in [-0.2, -0.15) is 0 Å². The van der Waals surface area contributed by atoms with Crippen molar-refractivity contribution in [2.45, 2.75) is 13.1 Å². The second-order valence-corrected chi connectivity index (χ2v) is 5.22. The summed E-state index contributed by atoms with van der Waals surface area (Å²) in [6, 6.07) is 3.86. The molecule has 4 rings (SSSR count). The predicted molar refractivity (Wildman–Crippen MR) is 83.8 cm³/mol. The predicted octanol–water partition coefficient (Wildman–Crippen LogP) is 1.92. The van der Waals surface area contributed by atoms with E-state index in [2.05, 4.69) is 39.7 Å². The minimum Gasteiger partial charge on any atom is -0.383 e. The Labute approximate surface area is 122 Å². The largest absolute Gasteiger partial charge is 0.383 e. The zero-order valence-electron chi connectivity index (χ0n) is 11.6. The number of nitrogens with zero attached hydrogens (tertiary/aromatic N) is 2. The van der Waals surface area contributed by atoms with Crippen LogP contribution in [0.15, 0.2) is 54.1 Å². The summed E-state index contributed by atoms with van der Waals surface area (Å²) in [5.74, 6) is 0.533. The van der Waals surface area contributed by atoms with Crippen molar-refractivity contribution in [2.24, 2.45) is 0 Å². The number of allylic oxidation sites excluding steroid dienone is 3. The zero-order valence-corrected chi connectivity index (χ0v) is 11.6. The molecule has 0 fully saturated rings. The standard InChI is InChI=1S/C16H15N5/c1-9-2-3-12-13(8-20-16(12)21-9)14-10-4-7-19-15(17)11(10)5-6-18-14/h2-8,16,20-21H,1H3,(H2,17,19). The third-order valence-corrected chi connectivity index (χ3v) is 3.88. The van der Waals surface area contributed by atoms with Crippen molar-refractivity contribution in [1.82, 2.24) is 20.6 Å². The molecule has 0 saturated carbocycles. The van der Waals surface area contributed by atoms with Crippen LogP contribution in [0.3, 0.4) is 0 Å². The van der Waals surface area contributed by atoms with Gasteiger partial charge in [0.15, 0.2) is 0 Å². The van der Waals surface area contributed by atoms with Crippen LogP contribution >= 0.6 is 0 Å². The second-order valence-electron chi connectivity index (χ2n) is 5.22. The maximum Gasteiger partial charge on any atom is 0.131 e. The monoisotopic (exact) mass is 277 g/mol. The number of anilines is 1. The molecule has 5 nitrogen and oxygen atoms in total. The number of nitrogens with two attached hydrogens (primary N) is 1. The van der Waals surface area contributed by atoms with Crippen LogP contribution in [-0.2, 0) is 0 Å². The van der Waals surface area contributed by atoms with E-state index in [0.29, 0.717) is 5.82 Å². The molecule has 104 valence electrons. The summed E-state index contributed by atoms with van der Waals surface area (Å²) < 4.78 is 0. The molecule has 21 heavy (non-hydrogen) atoms. The fourth-order valence-corrected chi connectivity index (χ4v) is 2.84. The highest BCUT2D eigenvalue weighted by molar-refractivity contribution is 6.00. The Hall–Kier alpha value is -2.82. The number of hydrogen-bond donors (Lipinski definition) is 3. The number of fused-ring (bicyclic) bond motifs is 2. The summed E-state index contributed by atoms with van der Waals surface area (Å²) in [5, 5.41) is 8.70. The second kappa shape index (κ2) is 4.34. The smallest absolute Gasteiger partial charge is 0.131 e. The van der Waals surface area contributed by atoms with Crippen molar-refractivity contribution in [3.63, 3.8) is 0 Å². The van der Waals surface area contributed by atoms with E-state index in [0.717, 1.165) is 27.7 Å². The molecule has 1 unspecified atom stereocenters. The average Bonchev–Trinajstić information content (AvgIpc) is 2.90. The molecule has 2 aliphatic rings. The van der Waals surface area contributed by atoms with Crippen molar-refractivity contribution >= 4 is 22.2 Å². The fraction of sp³-hybridized carbons (Fsp3) is 0.125. The number of aromatic nitrogens is 2. The van der Waals surface area contributed by atoms with E-state index in [1.165, 1.54) is 5.57 Å². The fourth-order valence-electron chi connectivity index (χ4n) is 2.84. The maximum atomic E-state index is 5.96. The maximum absolute atomic E-state index is 5.96. The van der Waals surface area contributed by atoms with Crippen LogP contribution in [0.4, 0.5) is 5.82 Å². The summed E-state index contributed by atoms with van der Waals surface area (Å²) in [4.78, 5) is 8.70. The van der Waals surface area contributed by atoms with Crippen molar-refractivity contribution in [3.8, 4) is 0 Å².